The van der Waals surface area contributed by atoms with Crippen molar-refractivity contribution in [3.8, 4) is 0 Å². The van der Waals surface area contributed by atoms with Crippen LogP contribution in [-0.2, 0) is 16.0 Å². The quantitative estimate of drug-likeness (QED) is 0.891. The maximum absolute atomic E-state index is 12.2. The summed E-state index contributed by atoms with van der Waals surface area (Å²) in [6.45, 7) is 2.84. The highest BCUT2D eigenvalue weighted by atomic mass is 16.5. The second kappa shape index (κ2) is 6.00. The molecule has 4 heteroatoms. The first-order chi connectivity index (χ1) is 11.2. The van der Waals surface area contributed by atoms with Crippen LogP contribution in [0, 0.1) is 12.8 Å². The average Bonchev–Trinajstić information content (AvgIpc) is 3.24. The van der Waals surface area contributed by atoms with E-state index in [1.54, 1.807) is 0 Å². The van der Waals surface area contributed by atoms with E-state index >= 15 is 0 Å². The Morgan fingerprint density at radius 1 is 1.39 bits per heavy atom. The fourth-order valence-corrected chi connectivity index (χ4v) is 4.19. The van der Waals surface area contributed by atoms with Gasteiger partial charge < -0.3 is 15.0 Å². The number of hydrogen-bond donors (Lipinski definition) is 2. The smallest absolute Gasteiger partial charge is 0.224 e. The fourth-order valence-electron chi connectivity index (χ4n) is 4.19. The van der Waals surface area contributed by atoms with Gasteiger partial charge in [-0.1, -0.05) is 18.2 Å². The minimum atomic E-state index is 0.108. The summed E-state index contributed by atoms with van der Waals surface area (Å²) < 4.78 is 5.87. The summed E-state index contributed by atoms with van der Waals surface area (Å²) in [5.41, 5.74) is 3.42. The number of rotatable bonds is 5. The van der Waals surface area contributed by atoms with Gasteiger partial charge in [-0.2, -0.15) is 0 Å². The normalized spacial score (nSPS) is 26.0. The molecular formula is C19H24N2O2. The molecule has 2 N–H and O–H groups in total. The predicted molar refractivity (Wildman–Crippen MR) is 90.4 cm³/mol. The van der Waals surface area contributed by atoms with Crippen molar-refractivity contribution in [2.45, 2.75) is 51.2 Å². The van der Waals surface area contributed by atoms with Gasteiger partial charge in [0.05, 0.1) is 18.6 Å². The van der Waals surface area contributed by atoms with E-state index in [1.165, 1.54) is 24.8 Å². The molecule has 2 fully saturated rings. The molecule has 2 aromatic rings. The number of benzene rings is 1. The van der Waals surface area contributed by atoms with Crippen LogP contribution in [0.5, 0.6) is 0 Å². The van der Waals surface area contributed by atoms with Gasteiger partial charge in [-0.15, -0.1) is 0 Å². The molecule has 122 valence electrons. The Morgan fingerprint density at radius 3 is 3.09 bits per heavy atom. The fraction of sp³-hybridized carbons (Fsp3) is 0.526. The minimum Gasteiger partial charge on any atom is -0.375 e. The third-order valence-electron chi connectivity index (χ3n) is 5.43. The van der Waals surface area contributed by atoms with Crippen molar-refractivity contribution in [3.05, 3.63) is 35.5 Å². The molecule has 2 aliphatic rings. The van der Waals surface area contributed by atoms with Crippen LogP contribution >= 0.6 is 0 Å². The van der Waals surface area contributed by atoms with Crippen molar-refractivity contribution < 1.29 is 9.53 Å². The van der Waals surface area contributed by atoms with Crippen molar-refractivity contribution >= 4 is 16.8 Å². The first-order valence-corrected chi connectivity index (χ1v) is 8.68. The van der Waals surface area contributed by atoms with Gasteiger partial charge in [0.1, 0.15) is 0 Å². The number of para-hydroxylation sites is 1. The number of aromatic amines is 1. The lowest BCUT2D eigenvalue weighted by Gasteiger charge is -2.18. The Hall–Kier alpha value is -1.81. The summed E-state index contributed by atoms with van der Waals surface area (Å²) in [4.78, 5) is 15.5. The van der Waals surface area contributed by atoms with Crippen LogP contribution in [0.2, 0.25) is 0 Å². The lowest BCUT2D eigenvalue weighted by molar-refractivity contribution is -0.120. The molecule has 2 bridgehead atoms. The van der Waals surface area contributed by atoms with Gasteiger partial charge in [0, 0.05) is 23.6 Å². The minimum absolute atomic E-state index is 0.108. The molecule has 3 unspecified atom stereocenters. The molecule has 2 saturated heterocycles. The van der Waals surface area contributed by atoms with E-state index in [0.717, 1.165) is 29.4 Å². The van der Waals surface area contributed by atoms with Gasteiger partial charge in [0.25, 0.3) is 0 Å². The van der Waals surface area contributed by atoms with E-state index in [2.05, 4.69) is 29.4 Å². The molecule has 1 aromatic heterocycles. The van der Waals surface area contributed by atoms with Gasteiger partial charge in [0.2, 0.25) is 5.91 Å². The van der Waals surface area contributed by atoms with Crippen LogP contribution in [0.4, 0.5) is 0 Å². The summed E-state index contributed by atoms with van der Waals surface area (Å²) in [6, 6.07) is 6.20. The Labute approximate surface area is 136 Å². The number of hydrogen-bond acceptors (Lipinski definition) is 2. The number of amides is 1. The molecule has 0 saturated carbocycles. The zero-order valence-corrected chi connectivity index (χ0v) is 13.6. The van der Waals surface area contributed by atoms with Crippen LogP contribution in [0.3, 0.4) is 0 Å². The number of carbonyl (C=O) groups is 1. The van der Waals surface area contributed by atoms with Crippen molar-refractivity contribution in [2.75, 3.05) is 6.54 Å². The number of fused-ring (bicyclic) bond motifs is 3. The Bertz CT molecular complexity index is 721. The molecule has 23 heavy (non-hydrogen) atoms. The molecule has 0 radical (unpaired) electrons. The molecule has 1 amide bonds. The van der Waals surface area contributed by atoms with Gasteiger partial charge >= 0.3 is 0 Å². The van der Waals surface area contributed by atoms with Gasteiger partial charge in [0.15, 0.2) is 0 Å². The summed E-state index contributed by atoms with van der Waals surface area (Å²) in [5.74, 6) is 0.751. The Balaban J connectivity index is 1.30. The zero-order valence-electron chi connectivity index (χ0n) is 13.6. The number of H-pyrrole nitrogens is 1. The van der Waals surface area contributed by atoms with Crippen LogP contribution in [0.15, 0.2) is 24.4 Å². The molecule has 2 aliphatic heterocycles. The Kier molecular flexibility index (Phi) is 3.85. The maximum atomic E-state index is 12.2. The lowest BCUT2D eigenvalue weighted by Crippen LogP contribution is -2.29. The van der Waals surface area contributed by atoms with Crippen molar-refractivity contribution in [1.29, 1.82) is 0 Å². The highest BCUT2D eigenvalue weighted by Gasteiger charge is 2.40. The van der Waals surface area contributed by atoms with Crippen LogP contribution in [0.1, 0.15) is 36.8 Å². The first kappa shape index (κ1) is 14.8. The van der Waals surface area contributed by atoms with Gasteiger partial charge in [-0.25, -0.2) is 0 Å². The second-order valence-electron chi connectivity index (χ2n) is 7.00. The number of nitrogens with one attached hydrogen (secondary N) is 2. The number of carbonyl (C=O) groups excluding carboxylic acids is 1. The Morgan fingerprint density at radius 2 is 2.30 bits per heavy atom. The molecule has 0 spiro atoms. The van der Waals surface area contributed by atoms with Gasteiger partial charge in [-0.3, -0.25) is 4.79 Å². The third kappa shape index (κ3) is 2.88. The molecule has 0 aliphatic carbocycles. The largest absolute Gasteiger partial charge is 0.375 e. The molecule has 3 heterocycles. The zero-order chi connectivity index (χ0) is 15.8. The second-order valence-corrected chi connectivity index (χ2v) is 7.00. The predicted octanol–water partition coefficient (Wildman–Crippen LogP) is 3.09. The molecule has 3 atom stereocenters. The number of aryl methyl sites for hydroxylation is 1. The topological polar surface area (TPSA) is 54.1 Å². The summed E-state index contributed by atoms with van der Waals surface area (Å²) in [7, 11) is 0. The van der Waals surface area contributed by atoms with E-state index < -0.39 is 0 Å². The van der Waals surface area contributed by atoms with Crippen LogP contribution in [0.25, 0.3) is 10.9 Å². The highest BCUT2D eigenvalue weighted by molar-refractivity contribution is 5.90. The van der Waals surface area contributed by atoms with E-state index in [-0.39, 0.29) is 5.91 Å². The maximum Gasteiger partial charge on any atom is 0.224 e. The van der Waals surface area contributed by atoms with E-state index in [4.69, 9.17) is 4.74 Å². The van der Waals surface area contributed by atoms with Crippen molar-refractivity contribution in [3.63, 3.8) is 0 Å². The average molecular weight is 312 g/mol. The summed E-state index contributed by atoms with van der Waals surface area (Å²) in [5, 5.41) is 4.23. The molecule has 4 rings (SSSR count). The van der Waals surface area contributed by atoms with E-state index in [1.807, 2.05) is 12.3 Å². The monoisotopic (exact) mass is 312 g/mol. The standard InChI is InChI=1S/C19H24N2O2/c1-12-3-2-4-16-14(11-21-19(12)16)10-18(22)20-8-7-13-9-15-5-6-17(13)23-15/h2-4,11,13,15,17,21H,5-10H2,1H3,(H,20,22). The first-order valence-electron chi connectivity index (χ1n) is 8.68. The summed E-state index contributed by atoms with van der Waals surface area (Å²) in [6.07, 6.45) is 8.01. The van der Waals surface area contributed by atoms with E-state index in [0.29, 0.717) is 24.5 Å². The number of ether oxygens (including phenoxy) is 1. The third-order valence-corrected chi connectivity index (χ3v) is 5.43. The van der Waals surface area contributed by atoms with E-state index in [9.17, 15) is 4.79 Å². The van der Waals surface area contributed by atoms with Crippen LogP contribution in [-0.4, -0.2) is 29.6 Å². The van der Waals surface area contributed by atoms with Gasteiger partial charge in [-0.05, 0) is 49.7 Å². The highest BCUT2D eigenvalue weighted by Crippen LogP contribution is 2.40. The SMILES string of the molecule is Cc1cccc2c(CC(=O)NCCC3CC4CCC3O4)c[nH]c12. The van der Waals surface area contributed by atoms with Crippen molar-refractivity contribution in [2.24, 2.45) is 5.92 Å². The number of aromatic nitrogens is 1. The molecule has 4 nitrogen and oxygen atoms in total. The van der Waals surface area contributed by atoms with Crippen LogP contribution < -0.4 is 5.32 Å². The summed E-state index contributed by atoms with van der Waals surface area (Å²) >= 11 is 0. The molecular weight excluding hydrogens is 288 g/mol. The molecule has 1 aromatic carbocycles. The van der Waals surface area contributed by atoms with Crippen molar-refractivity contribution in [1.82, 2.24) is 10.3 Å². The lowest BCUT2D eigenvalue weighted by atomic mass is 9.87.